The van der Waals surface area contributed by atoms with Crippen molar-refractivity contribution < 1.29 is 4.79 Å². The van der Waals surface area contributed by atoms with Crippen molar-refractivity contribution in [1.29, 1.82) is 0 Å². The first-order valence-corrected chi connectivity index (χ1v) is 9.90. The topological polar surface area (TPSA) is 65.8 Å². The van der Waals surface area contributed by atoms with Gasteiger partial charge in [0.1, 0.15) is 10.5 Å². The Bertz CT molecular complexity index is 929. The van der Waals surface area contributed by atoms with Crippen LogP contribution in [0.25, 0.3) is 0 Å². The van der Waals surface area contributed by atoms with Crippen molar-refractivity contribution >= 4 is 37.9 Å². The standard InChI is InChI=1S/C20H21BrN4O/c1-19(2)9-13-15(14(26)10-19)20(16-17(21)24-25-18(16)23-13)7-8-22-12-6-4-3-5-11(12)20/h3-6,16,22H,7-10H2,1-2H3,(H,23,25). The van der Waals surface area contributed by atoms with E-state index in [1.54, 1.807) is 0 Å². The monoisotopic (exact) mass is 412 g/mol. The molecule has 0 radical (unpaired) electrons. The second kappa shape index (κ2) is 5.28. The number of hydrazone groups is 1. The van der Waals surface area contributed by atoms with Crippen LogP contribution in [0.15, 0.2) is 45.6 Å². The van der Waals surface area contributed by atoms with Gasteiger partial charge in [-0.1, -0.05) is 32.0 Å². The van der Waals surface area contributed by atoms with Crippen molar-refractivity contribution in [2.24, 2.45) is 21.4 Å². The summed E-state index contributed by atoms with van der Waals surface area (Å²) in [5.41, 5.74) is 6.79. The van der Waals surface area contributed by atoms with Gasteiger partial charge in [0.15, 0.2) is 5.78 Å². The van der Waals surface area contributed by atoms with Gasteiger partial charge < -0.3 is 5.32 Å². The summed E-state index contributed by atoms with van der Waals surface area (Å²) in [4.78, 5) is 18.3. The third kappa shape index (κ3) is 2.05. The molecule has 5 nitrogen and oxygen atoms in total. The minimum absolute atomic E-state index is 0.0584. The van der Waals surface area contributed by atoms with Gasteiger partial charge in [-0.15, -0.1) is 0 Å². The number of amidine groups is 1. The van der Waals surface area contributed by atoms with Gasteiger partial charge in [-0.2, -0.15) is 5.10 Å². The fourth-order valence-corrected chi connectivity index (χ4v) is 5.87. The Labute approximate surface area is 161 Å². The molecule has 0 aromatic heterocycles. The van der Waals surface area contributed by atoms with Gasteiger partial charge in [0.25, 0.3) is 0 Å². The number of aliphatic imine (C=N–C) groups is 1. The quantitative estimate of drug-likeness (QED) is 0.682. The summed E-state index contributed by atoms with van der Waals surface area (Å²) in [6.45, 7) is 5.13. The van der Waals surface area contributed by atoms with E-state index >= 15 is 0 Å². The molecule has 5 rings (SSSR count). The number of hydrogen-bond acceptors (Lipinski definition) is 5. The summed E-state index contributed by atoms with van der Waals surface area (Å²) in [6, 6.07) is 8.36. The van der Waals surface area contributed by atoms with Gasteiger partial charge in [0, 0.05) is 29.6 Å². The molecule has 1 spiro atoms. The van der Waals surface area contributed by atoms with Crippen LogP contribution < -0.4 is 10.7 Å². The predicted octanol–water partition coefficient (Wildman–Crippen LogP) is 3.72. The number of rotatable bonds is 0. The zero-order chi connectivity index (χ0) is 18.1. The molecular formula is C20H21BrN4O. The van der Waals surface area contributed by atoms with Crippen LogP contribution in [0.2, 0.25) is 0 Å². The number of allylic oxidation sites excluding steroid dienone is 2. The molecule has 0 amide bonds. The number of fused-ring (bicyclic) bond motifs is 5. The first-order valence-electron chi connectivity index (χ1n) is 9.10. The largest absolute Gasteiger partial charge is 0.385 e. The molecular weight excluding hydrogens is 392 g/mol. The predicted molar refractivity (Wildman–Crippen MR) is 107 cm³/mol. The van der Waals surface area contributed by atoms with E-state index < -0.39 is 5.41 Å². The highest BCUT2D eigenvalue weighted by Crippen LogP contribution is 2.56. The number of Topliss-reactive ketones (excluding diaryl/α,β-unsaturated/α-hetero) is 1. The third-order valence-corrected chi connectivity index (χ3v) is 6.71. The lowest BCUT2D eigenvalue weighted by molar-refractivity contribution is -0.119. The Kier molecular flexibility index (Phi) is 3.30. The van der Waals surface area contributed by atoms with Gasteiger partial charge in [0.05, 0.1) is 11.6 Å². The lowest BCUT2D eigenvalue weighted by Crippen LogP contribution is -2.53. The number of halogens is 1. The minimum atomic E-state index is -0.409. The minimum Gasteiger partial charge on any atom is -0.385 e. The summed E-state index contributed by atoms with van der Waals surface area (Å²) in [5, 5.41) is 7.92. The molecule has 134 valence electrons. The number of carbonyl (C=O) groups is 1. The molecule has 26 heavy (non-hydrogen) atoms. The molecule has 6 heteroatoms. The van der Waals surface area contributed by atoms with E-state index in [4.69, 9.17) is 4.99 Å². The number of carbonyl (C=O) groups excluding carboxylic acids is 1. The van der Waals surface area contributed by atoms with E-state index in [2.05, 4.69) is 63.8 Å². The maximum atomic E-state index is 13.4. The second-order valence-corrected chi connectivity index (χ2v) is 9.25. The van der Waals surface area contributed by atoms with E-state index in [-0.39, 0.29) is 17.1 Å². The first-order chi connectivity index (χ1) is 12.4. The first kappa shape index (κ1) is 16.2. The van der Waals surface area contributed by atoms with Gasteiger partial charge in [-0.05, 0) is 45.8 Å². The maximum absolute atomic E-state index is 13.4. The Morgan fingerprint density at radius 2 is 2.04 bits per heavy atom. The SMILES string of the molecule is CC1(C)CC(=O)C2=C(C1)N=C1NN=C(Br)C1C21CCNc2ccccc21. The number of nitrogens with one attached hydrogen (secondary N) is 2. The molecule has 4 aliphatic rings. The zero-order valence-corrected chi connectivity index (χ0v) is 16.5. The van der Waals surface area contributed by atoms with E-state index in [9.17, 15) is 4.79 Å². The Hall–Kier alpha value is -1.95. The van der Waals surface area contributed by atoms with Gasteiger partial charge >= 0.3 is 0 Å². The summed E-state index contributed by atoms with van der Waals surface area (Å²) in [5.74, 6) is 1.04. The number of para-hydroxylation sites is 1. The molecule has 0 saturated carbocycles. The third-order valence-electron chi connectivity index (χ3n) is 6.08. The van der Waals surface area contributed by atoms with Crippen LogP contribution in [0.1, 0.15) is 38.7 Å². The summed E-state index contributed by atoms with van der Waals surface area (Å²) in [6.07, 6.45) is 2.24. The number of ketones is 1. The van der Waals surface area contributed by atoms with Crippen LogP contribution in [0.3, 0.4) is 0 Å². The number of benzene rings is 1. The van der Waals surface area contributed by atoms with Gasteiger partial charge in [-0.3, -0.25) is 10.2 Å². The Morgan fingerprint density at radius 1 is 1.23 bits per heavy atom. The second-order valence-electron chi connectivity index (χ2n) is 8.43. The number of hydrogen-bond donors (Lipinski definition) is 2. The molecule has 0 saturated heterocycles. The van der Waals surface area contributed by atoms with Crippen LogP contribution in [0, 0.1) is 11.3 Å². The fraction of sp³-hybridized carbons (Fsp3) is 0.450. The fourth-order valence-electron chi connectivity index (χ4n) is 5.17. The average Bonchev–Trinajstić information content (AvgIpc) is 2.95. The lowest BCUT2D eigenvalue weighted by Gasteiger charge is -2.49. The van der Waals surface area contributed by atoms with Crippen LogP contribution in [0.4, 0.5) is 5.69 Å². The van der Waals surface area contributed by atoms with Crippen LogP contribution in [-0.2, 0) is 10.2 Å². The highest BCUT2D eigenvalue weighted by atomic mass is 79.9. The van der Waals surface area contributed by atoms with Gasteiger partial charge in [-0.25, -0.2) is 4.99 Å². The highest BCUT2D eigenvalue weighted by Gasteiger charge is 2.58. The van der Waals surface area contributed by atoms with Crippen molar-refractivity contribution in [3.05, 3.63) is 41.1 Å². The normalized spacial score (nSPS) is 31.3. The average molecular weight is 413 g/mol. The Morgan fingerprint density at radius 3 is 2.88 bits per heavy atom. The number of anilines is 1. The molecule has 3 heterocycles. The highest BCUT2D eigenvalue weighted by molar-refractivity contribution is 9.18. The molecule has 2 N–H and O–H groups in total. The molecule has 2 atom stereocenters. The molecule has 1 aromatic rings. The molecule has 0 bridgehead atoms. The van der Waals surface area contributed by atoms with E-state index in [0.717, 1.165) is 46.8 Å². The van der Waals surface area contributed by atoms with E-state index in [0.29, 0.717) is 6.42 Å². The lowest BCUT2D eigenvalue weighted by atomic mass is 9.56. The molecule has 1 aliphatic carbocycles. The van der Waals surface area contributed by atoms with Crippen molar-refractivity contribution in [2.75, 3.05) is 11.9 Å². The van der Waals surface area contributed by atoms with Crippen molar-refractivity contribution in [3.63, 3.8) is 0 Å². The molecule has 2 unspecified atom stereocenters. The van der Waals surface area contributed by atoms with Crippen molar-refractivity contribution in [2.45, 2.75) is 38.5 Å². The van der Waals surface area contributed by atoms with Gasteiger partial charge in [0.2, 0.25) is 0 Å². The smallest absolute Gasteiger partial charge is 0.162 e. The zero-order valence-electron chi connectivity index (χ0n) is 14.9. The Balaban J connectivity index is 1.83. The molecule has 3 aliphatic heterocycles. The van der Waals surface area contributed by atoms with E-state index in [1.807, 2.05) is 6.07 Å². The van der Waals surface area contributed by atoms with E-state index in [1.165, 1.54) is 5.56 Å². The van der Waals surface area contributed by atoms with Crippen LogP contribution in [-0.4, -0.2) is 22.8 Å². The summed E-state index contributed by atoms with van der Waals surface area (Å²) >= 11 is 3.65. The van der Waals surface area contributed by atoms with Crippen LogP contribution in [0.5, 0.6) is 0 Å². The number of nitrogens with zero attached hydrogens (tertiary/aromatic N) is 2. The van der Waals surface area contributed by atoms with Crippen molar-refractivity contribution in [1.82, 2.24) is 5.43 Å². The summed E-state index contributed by atoms with van der Waals surface area (Å²) in [7, 11) is 0. The molecule has 0 fully saturated rings. The van der Waals surface area contributed by atoms with Crippen LogP contribution >= 0.6 is 15.9 Å². The molecule has 1 aromatic carbocycles. The van der Waals surface area contributed by atoms with Crippen molar-refractivity contribution in [3.8, 4) is 0 Å². The maximum Gasteiger partial charge on any atom is 0.162 e. The summed E-state index contributed by atoms with van der Waals surface area (Å²) < 4.78 is 0.831.